The number of aliphatic carboxylic acids is 1. The number of benzene rings is 1. The van der Waals surface area contributed by atoms with Crippen LogP contribution in [0.2, 0.25) is 0 Å². The Bertz CT molecular complexity index is 1180. The van der Waals surface area contributed by atoms with E-state index in [0.29, 0.717) is 11.3 Å². The molecule has 3 N–H and O–H groups in total. The van der Waals surface area contributed by atoms with E-state index in [-0.39, 0.29) is 5.82 Å². The highest BCUT2D eigenvalue weighted by Gasteiger charge is 2.38. The number of aryl methyl sites for hydroxylation is 1. The Morgan fingerprint density at radius 2 is 1.96 bits per heavy atom. The van der Waals surface area contributed by atoms with Crippen LogP contribution in [0.25, 0.3) is 31.7 Å². The maximum absolute atomic E-state index is 13.4. The van der Waals surface area contributed by atoms with Crippen LogP contribution in [0, 0.1) is 5.82 Å². The number of rotatable bonds is 1. The van der Waals surface area contributed by atoms with Crippen molar-refractivity contribution in [2.24, 2.45) is 7.05 Å². The van der Waals surface area contributed by atoms with Crippen molar-refractivity contribution in [1.82, 2.24) is 14.5 Å². The number of fused-ring (bicyclic) bond motifs is 3. The zero-order valence-electron chi connectivity index (χ0n) is 14.2. The van der Waals surface area contributed by atoms with Gasteiger partial charge in [-0.1, -0.05) is 12.1 Å². The Hall–Kier alpha value is -3.21. The third-order valence-electron chi connectivity index (χ3n) is 3.70. The molecule has 0 saturated heterocycles. The van der Waals surface area contributed by atoms with Crippen LogP contribution in [0.5, 0.6) is 0 Å². The second kappa shape index (κ2) is 7.08. The van der Waals surface area contributed by atoms with E-state index in [1.165, 1.54) is 12.1 Å². The second-order valence-electron chi connectivity index (χ2n) is 5.69. The van der Waals surface area contributed by atoms with Crippen LogP contribution >= 0.6 is 11.3 Å². The standard InChI is InChI=1S/C15H11FN4S.C2HF3O2/c1-20-7-18-12-13(20)14-10(19-15(12)17)6-11(21-14)8-3-2-4-9(16)5-8;3-2(4,5)1(6)7/h2-7H,1H3,(H2,17,19);(H,6,7). The van der Waals surface area contributed by atoms with E-state index < -0.39 is 12.1 Å². The molecular weight excluding hydrogens is 400 g/mol. The SMILES string of the molecule is Cn1cnc2c(N)nc3cc(-c4cccc(F)c4)sc3c21.O=C(O)C(F)(F)F. The van der Waals surface area contributed by atoms with E-state index in [1.807, 2.05) is 23.7 Å². The van der Waals surface area contributed by atoms with Crippen LogP contribution in [-0.4, -0.2) is 31.8 Å². The molecule has 3 aromatic heterocycles. The number of carbonyl (C=O) groups is 1. The monoisotopic (exact) mass is 412 g/mol. The third kappa shape index (κ3) is 3.74. The number of thiophene rings is 1. The predicted octanol–water partition coefficient (Wildman–Crippen LogP) is 4.20. The number of anilines is 1. The number of alkyl halides is 3. The first-order chi connectivity index (χ1) is 13.1. The zero-order valence-corrected chi connectivity index (χ0v) is 15.0. The number of carboxylic acid groups (broad SMARTS) is 1. The summed E-state index contributed by atoms with van der Waals surface area (Å²) >= 11 is 1.57. The van der Waals surface area contributed by atoms with Crippen molar-refractivity contribution in [2.75, 3.05) is 5.73 Å². The normalized spacial score (nSPS) is 11.5. The van der Waals surface area contributed by atoms with Gasteiger partial charge in [0.15, 0.2) is 5.82 Å². The predicted molar refractivity (Wildman–Crippen MR) is 97.4 cm³/mol. The molecule has 0 aliphatic rings. The van der Waals surface area contributed by atoms with Crippen LogP contribution in [0.15, 0.2) is 36.7 Å². The van der Waals surface area contributed by atoms with Gasteiger partial charge in [-0.25, -0.2) is 19.2 Å². The lowest BCUT2D eigenvalue weighted by Crippen LogP contribution is -2.21. The van der Waals surface area contributed by atoms with Crippen LogP contribution in [0.1, 0.15) is 0 Å². The molecule has 0 unspecified atom stereocenters. The molecule has 0 aliphatic heterocycles. The third-order valence-corrected chi connectivity index (χ3v) is 4.88. The zero-order chi connectivity index (χ0) is 20.6. The number of hydrogen-bond donors (Lipinski definition) is 2. The number of pyridine rings is 1. The minimum Gasteiger partial charge on any atom is -0.475 e. The molecule has 0 aliphatic carbocycles. The molecule has 3 heterocycles. The number of aromatic nitrogens is 3. The largest absolute Gasteiger partial charge is 0.490 e. The van der Waals surface area contributed by atoms with E-state index in [4.69, 9.17) is 15.6 Å². The van der Waals surface area contributed by atoms with Crippen molar-refractivity contribution in [3.05, 3.63) is 42.5 Å². The van der Waals surface area contributed by atoms with Gasteiger partial charge in [0, 0.05) is 11.9 Å². The summed E-state index contributed by atoms with van der Waals surface area (Å²) in [6, 6.07) is 8.49. The fraction of sp³-hybridized carbons (Fsp3) is 0.118. The van der Waals surface area contributed by atoms with Crippen molar-refractivity contribution in [2.45, 2.75) is 6.18 Å². The fourth-order valence-electron chi connectivity index (χ4n) is 2.49. The summed E-state index contributed by atoms with van der Waals surface area (Å²) in [5.74, 6) is -2.59. The van der Waals surface area contributed by atoms with Gasteiger partial charge in [0.1, 0.15) is 11.3 Å². The molecule has 4 rings (SSSR count). The highest BCUT2D eigenvalue weighted by atomic mass is 32.1. The number of hydrogen-bond acceptors (Lipinski definition) is 5. The molecule has 11 heteroatoms. The summed E-state index contributed by atoms with van der Waals surface area (Å²) in [7, 11) is 1.93. The fourth-order valence-corrected chi connectivity index (χ4v) is 3.67. The minimum atomic E-state index is -5.08. The number of imidazole rings is 1. The molecule has 1 aromatic carbocycles. The van der Waals surface area contributed by atoms with Crippen LogP contribution in [0.3, 0.4) is 0 Å². The molecule has 0 spiro atoms. The lowest BCUT2D eigenvalue weighted by atomic mass is 10.2. The first-order valence-corrected chi connectivity index (χ1v) is 8.45. The lowest BCUT2D eigenvalue weighted by molar-refractivity contribution is -0.192. The minimum absolute atomic E-state index is 0.247. The average molecular weight is 412 g/mol. The number of halogens is 4. The Morgan fingerprint density at radius 1 is 1.29 bits per heavy atom. The lowest BCUT2D eigenvalue weighted by Gasteiger charge is -1.98. The van der Waals surface area contributed by atoms with Crippen LogP contribution < -0.4 is 5.73 Å². The van der Waals surface area contributed by atoms with E-state index in [1.54, 1.807) is 23.7 Å². The highest BCUT2D eigenvalue weighted by molar-refractivity contribution is 7.23. The maximum atomic E-state index is 13.4. The molecule has 0 fully saturated rings. The number of nitrogens with zero attached hydrogens (tertiary/aromatic N) is 3. The Morgan fingerprint density at radius 3 is 2.57 bits per heavy atom. The van der Waals surface area contributed by atoms with Crippen molar-refractivity contribution in [3.63, 3.8) is 0 Å². The number of carboxylic acids is 1. The van der Waals surface area contributed by atoms with Crippen molar-refractivity contribution in [1.29, 1.82) is 0 Å². The van der Waals surface area contributed by atoms with Gasteiger partial charge in [0.05, 0.1) is 22.1 Å². The first-order valence-electron chi connectivity index (χ1n) is 7.64. The summed E-state index contributed by atoms with van der Waals surface area (Å²) in [6.45, 7) is 0. The maximum Gasteiger partial charge on any atom is 0.490 e. The molecular formula is C17H12F4N4O2S. The molecule has 0 saturated carbocycles. The number of nitrogens with two attached hydrogens (primary N) is 1. The van der Waals surface area contributed by atoms with Gasteiger partial charge in [0.25, 0.3) is 0 Å². The summed E-state index contributed by atoms with van der Waals surface area (Å²) in [4.78, 5) is 18.5. The molecule has 6 nitrogen and oxygen atoms in total. The molecule has 0 atom stereocenters. The Balaban J connectivity index is 0.000000279. The van der Waals surface area contributed by atoms with Gasteiger partial charge in [-0.3, -0.25) is 0 Å². The van der Waals surface area contributed by atoms with Gasteiger partial charge in [-0.05, 0) is 23.8 Å². The van der Waals surface area contributed by atoms with Crippen molar-refractivity contribution >= 4 is 44.4 Å². The molecule has 0 amide bonds. The van der Waals surface area contributed by atoms with Crippen molar-refractivity contribution in [3.8, 4) is 10.4 Å². The van der Waals surface area contributed by atoms with E-state index in [9.17, 15) is 17.6 Å². The van der Waals surface area contributed by atoms with Gasteiger partial charge >= 0.3 is 12.1 Å². The summed E-state index contributed by atoms with van der Waals surface area (Å²) in [5, 5.41) is 7.12. The van der Waals surface area contributed by atoms with Gasteiger partial charge < -0.3 is 15.4 Å². The molecule has 0 radical (unpaired) electrons. The van der Waals surface area contributed by atoms with Gasteiger partial charge in [0.2, 0.25) is 0 Å². The Labute approximate surface area is 158 Å². The number of nitrogen functional groups attached to an aromatic ring is 1. The topological polar surface area (TPSA) is 94.0 Å². The molecule has 146 valence electrons. The van der Waals surface area contributed by atoms with Crippen LogP contribution in [0.4, 0.5) is 23.4 Å². The molecule has 4 aromatic rings. The second-order valence-corrected chi connectivity index (χ2v) is 6.74. The molecule has 0 bridgehead atoms. The first kappa shape index (κ1) is 19.5. The summed E-state index contributed by atoms with van der Waals surface area (Å²) in [6.07, 6.45) is -3.36. The smallest absolute Gasteiger partial charge is 0.475 e. The quantitative estimate of drug-likeness (QED) is 0.457. The van der Waals surface area contributed by atoms with Gasteiger partial charge in [-0.2, -0.15) is 13.2 Å². The summed E-state index contributed by atoms with van der Waals surface area (Å²) in [5.41, 5.74) is 9.29. The van der Waals surface area contributed by atoms with Crippen molar-refractivity contribution < 1.29 is 27.5 Å². The van der Waals surface area contributed by atoms with Crippen LogP contribution in [-0.2, 0) is 11.8 Å². The van der Waals surface area contributed by atoms with E-state index >= 15 is 0 Å². The average Bonchev–Trinajstić information content (AvgIpc) is 3.18. The van der Waals surface area contributed by atoms with E-state index in [0.717, 1.165) is 26.2 Å². The summed E-state index contributed by atoms with van der Waals surface area (Å²) < 4.78 is 48.1. The Kier molecular flexibility index (Phi) is 4.94. The van der Waals surface area contributed by atoms with Gasteiger partial charge in [-0.15, -0.1) is 11.3 Å². The highest BCUT2D eigenvalue weighted by Crippen LogP contribution is 2.37. The van der Waals surface area contributed by atoms with E-state index in [2.05, 4.69) is 9.97 Å². The molecule has 28 heavy (non-hydrogen) atoms.